The number of nitrogen functional groups attached to an aromatic ring is 1. The van der Waals surface area contributed by atoms with Crippen molar-refractivity contribution in [3.63, 3.8) is 0 Å². The molecule has 5 heteroatoms. The van der Waals surface area contributed by atoms with Gasteiger partial charge in [0, 0.05) is 10.0 Å². The molecule has 0 aliphatic rings. The lowest BCUT2D eigenvalue weighted by atomic mass is 10.2. The molecule has 0 amide bonds. The number of anilines is 1. The topological polar surface area (TPSA) is 56.2 Å². The summed E-state index contributed by atoms with van der Waals surface area (Å²) in [5.41, 5.74) is 9.27. The summed E-state index contributed by atoms with van der Waals surface area (Å²) >= 11 is 3.41. The van der Waals surface area contributed by atoms with Crippen LogP contribution >= 0.6 is 15.9 Å². The van der Waals surface area contributed by atoms with Crippen molar-refractivity contribution in [3.8, 4) is 11.4 Å². The Morgan fingerprint density at radius 2 is 1.83 bits per heavy atom. The van der Waals surface area contributed by atoms with E-state index in [0.29, 0.717) is 5.82 Å². The fourth-order valence-corrected chi connectivity index (χ4v) is 2.07. The summed E-state index contributed by atoms with van der Waals surface area (Å²) in [5, 5.41) is 4.48. The summed E-state index contributed by atoms with van der Waals surface area (Å²) in [6.45, 7) is 1.93. The first-order valence-electron chi connectivity index (χ1n) is 5.53. The predicted octanol–water partition coefficient (Wildman–Crippen LogP) is 3.05. The fraction of sp³-hybridized carbons (Fsp3) is 0.0769. The quantitative estimate of drug-likeness (QED) is 0.751. The monoisotopic (exact) mass is 302 g/mol. The van der Waals surface area contributed by atoms with Crippen LogP contribution in [0.4, 0.5) is 5.69 Å². The largest absolute Gasteiger partial charge is 0.397 e. The number of aryl methyl sites for hydroxylation is 1. The van der Waals surface area contributed by atoms with Crippen LogP contribution in [-0.4, -0.2) is 14.6 Å². The second kappa shape index (κ2) is 4.10. The van der Waals surface area contributed by atoms with Crippen LogP contribution < -0.4 is 5.73 Å². The molecular weight excluding hydrogens is 292 g/mol. The second-order valence-electron chi connectivity index (χ2n) is 4.09. The zero-order chi connectivity index (χ0) is 12.7. The molecule has 0 aliphatic carbocycles. The number of nitrogens with two attached hydrogens (primary N) is 1. The molecular formula is C13H11BrN4. The number of aromatic nitrogens is 3. The molecule has 3 rings (SSSR count). The molecule has 2 heterocycles. The summed E-state index contributed by atoms with van der Waals surface area (Å²) in [6.07, 6.45) is 0. The smallest absolute Gasteiger partial charge is 0.182 e. The maximum atomic E-state index is 5.86. The lowest BCUT2D eigenvalue weighted by Crippen LogP contribution is -1.98. The van der Waals surface area contributed by atoms with E-state index in [1.807, 2.05) is 43.3 Å². The zero-order valence-electron chi connectivity index (χ0n) is 9.76. The average Bonchev–Trinajstić information content (AvgIpc) is 2.80. The molecule has 0 saturated heterocycles. The van der Waals surface area contributed by atoms with Crippen LogP contribution in [-0.2, 0) is 0 Å². The van der Waals surface area contributed by atoms with E-state index in [9.17, 15) is 0 Å². The number of nitrogens with zero attached hydrogens (tertiary/aromatic N) is 3. The van der Waals surface area contributed by atoms with E-state index in [2.05, 4.69) is 26.0 Å². The van der Waals surface area contributed by atoms with Gasteiger partial charge in [0.1, 0.15) is 0 Å². The summed E-state index contributed by atoms with van der Waals surface area (Å²) < 4.78 is 2.81. The standard InChI is InChI=1S/C13H11BrN4/c1-8-11(15)6-7-12-16-13(17-18(8)12)9-2-4-10(14)5-3-9/h2-7H,15H2,1H3. The lowest BCUT2D eigenvalue weighted by Gasteiger charge is -2.00. The van der Waals surface area contributed by atoms with Gasteiger partial charge in [0.25, 0.3) is 0 Å². The van der Waals surface area contributed by atoms with Crippen LogP contribution in [0.2, 0.25) is 0 Å². The normalized spacial score (nSPS) is 11.0. The Labute approximate surface area is 113 Å². The van der Waals surface area contributed by atoms with Gasteiger partial charge >= 0.3 is 0 Å². The van der Waals surface area contributed by atoms with Gasteiger partial charge in [0.05, 0.1) is 11.4 Å². The van der Waals surface area contributed by atoms with E-state index < -0.39 is 0 Å². The first-order chi connectivity index (χ1) is 8.65. The van der Waals surface area contributed by atoms with Crippen molar-refractivity contribution < 1.29 is 0 Å². The van der Waals surface area contributed by atoms with Gasteiger partial charge in [-0.3, -0.25) is 0 Å². The Hall–Kier alpha value is -1.88. The molecule has 0 spiro atoms. The van der Waals surface area contributed by atoms with Crippen LogP contribution in [0.15, 0.2) is 40.9 Å². The number of pyridine rings is 1. The third kappa shape index (κ3) is 1.76. The van der Waals surface area contributed by atoms with E-state index in [0.717, 1.165) is 27.1 Å². The molecule has 0 radical (unpaired) electrons. The third-order valence-electron chi connectivity index (χ3n) is 2.88. The number of fused-ring (bicyclic) bond motifs is 1. The first kappa shape index (κ1) is 11.2. The molecule has 2 N–H and O–H groups in total. The van der Waals surface area contributed by atoms with E-state index in [4.69, 9.17) is 5.73 Å². The molecule has 3 aromatic rings. The highest BCUT2D eigenvalue weighted by Crippen LogP contribution is 2.21. The van der Waals surface area contributed by atoms with Gasteiger partial charge in [-0.05, 0) is 31.2 Å². The molecule has 0 bridgehead atoms. The van der Waals surface area contributed by atoms with Crippen LogP contribution in [0, 0.1) is 6.92 Å². The van der Waals surface area contributed by atoms with Crippen molar-refractivity contribution in [2.24, 2.45) is 0 Å². The van der Waals surface area contributed by atoms with Gasteiger partial charge in [0.15, 0.2) is 11.5 Å². The van der Waals surface area contributed by atoms with Gasteiger partial charge in [-0.2, -0.15) is 0 Å². The summed E-state index contributed by atoms with van der Waals surface area (Å²) in [4.78, 5) is 4.50. The maximum absolute atomic E-state index is 5.86. The van der Waals surface area contributed by atoms with Gasteiger partial charge in [-0.1, -0.05) is 28.1 Å². The number of rotatable bonds is 1. The average molecular weight is 303 g/mol. The van der Waals surface area contributed by atoms with Gasteiger partial charge < -0.3 is 5.73 Å². The highest BCUT2D eigenvalue weighted by Gasteiger charge is 2.08. The number of hydrogen-bond acceptors (Lipinski definition) is 3. The predicted molar refractivity (Wildman–Crippen MR) is 75.3 cm³/mol. The van der Waals surface area contributed by atoms with Crippen molar-refractivity contribution in [1.29, 1.82) is 0 Å². The van der Waals surface area contributed by atoms with Crippen molar-refractivity contribution >= 4 is 27.3 Å². The Balaban J connectivity index is 2.19. The summed E-state index contributed by atoms with van der Waals surface area (Å²) in [6, 6.07) is 11.6. The minimum atomic E-state index is 0.705. The van der Waals surface area contributed by atoms with Crippen LogP contribution in [0.3, 0.4) is 0 Å². The summed E-state index contributed by atoms with van der Waals surface area (Å²) in [5.74, 6) is 0.705. The first-order valence-corrected chi connectivity index (χ1v) is 6.32. The fourth-order valence-electron chi connectivity index (χ4n) is 1.81. The van der Waals surface area contributed by atoms with Crippen LogP contribution in [0.1, 0.15) is 5.69 Å². The molecule has 18 heavy (non-hydrogen) atoms. The van der Waals surface area contributed by atoms with E-state index in [1.54, 1.807) is 4.52 Å². The van der Waals surface area contributed by atoms with E-state index in [1.165, 1.54) is 0 Å². The SMILES string of the molecule is Cc1c(N)ccc2nc(-c3ccc(Br)cc3)nn12. The number of benzene rings is 1. The Morgan fingerprint density at radius 3 is 2.56 bits per heavy atom. The highest BCUT2D eigenvalue weighted by molar-refractivity contribution is 9.10. The molecule has 90 valence electrons. The van der Waals surface area contributed by atoms with Crippen molar-refractivity contribution in [2.45, 2.75) is 6.92 Å². The molecule has 0 unspecified atom stereocenters. The molecule has 0 aliphatic heterocycles. The van der Waals surface area contributed by atoms with Gasteiger partial charge in [0.2, 0.25) is 0 Å². The third-order valence-corrected chi connectivity index (χ3v) is 3.41. The molecule has 2 aromatic heterocycles. The van der Waals surface area contributed by atoms with Crippen LogP contribution in [0.5, 0.6) is 0 Å². The van der Waals surface area contributed by atoms with E-state index in [-0.39, 0.29) is 0 Å². The summed E-state index contributed by atoms with van der Waals surface area (Å²) in [7, 11) is 0. The number of halogens is 1. The molecule has 0 atom stereocenters. The Kier molecular flexibility index (Phi) is 2.56. The second-order valence-corrected chi connectivity index (χ2v) is 5.00. The van der Waals surface area contributed by atoms with Crippen molar-refractivity contribution in [2.75, 3.05) is 5.73 Å². The zero-order valence-corrected chi connectivity index (χ0v) is 11.3. The Bertz CT molecular complexity index is 716. The Morgan fingerprint density at radius 1 is 1.11 bits per heavy atom. The number of hydrogen-bond donors (Lipinski definition) is 1. The van der Waals surface area contributed by atoms with E-state index >= 15 is 0 Å². The molecule has 1 aromatic carbocycles. The van der Waals surface area contributed by atoms with Crippen molar-refractivity contribution in [3.05, 3.63) is 46.6 Å². The van der Waals surface area contributed by atoms with Crippen molar-refractivity contribution in [1.82, 2.24) is 14.6 Å². The lowest BCUT2D eigenvalue weighted by molar-refractivity contribution is 0.922. The van der Waals surface area contributed by atoms with Gasteiger partial charge in [-0.25, -0.2) is 9.50 Å². The molecule has 4 nitrogen and oxygen atoms in total. The molecule has 0 fully saturated rings. The molecule has 0 saturated carbocycles. The highest BCUT2D eigenvalue weighted by atomic mass is 79.9. The maximum Gasteiger partial charge on any atom is 0.182 e. The minimum Gasteiger partial charge on any atom is -0.397 e. The van der Waals surface area contributed by atoms with Crippen LogP contribution in [0.25, 0.3) is 17.0 Å². The van der Waals surface area contributed by atoms with Gasteiger partial charge in [-0.15, -0.1) is 5.10 Å². The minimum absolute atomic E-state index is 0.705.